The normalized spacial score (nSPS) is 22.8. The molecule has 2 unspecified atom stereocenters. The Labute approximate surface area is 194 Å². The summed E-state index contributed by atoms with van der Waals surface area (Å²) in [7, 11) is 0. The van der Waals surface area contributed by atoms with Crippen molar-refractivity contribution in [2.45, 2.75) is 103 Å². The van der Waals surface area contributed by atoms with E-state index in [2.05, 4.69) is 4.90 Å². The van der Waals surface area contributed by atoms with Crippen molar-refractivity contribution in [2.24, 2.45) is 0 Å². The Morgan fingerprint density at radius 2 is 1.22 bits per heavy atom. The summed E-state index contributed by atoms with van der Waals surface area (Å²) in [6.07, 6.45) is 5.41. The van der Waals surface area contributed by atoms with Gasteiger partial charge in [0.05, 0.1) is 6.61 Å². The van der Waals surface area contributed by atoms with Gasteiger partial charge in [-0.15, -0.1) is 0 Å². The first kappa shape index (κ1) is 26.7. The molecule has 8 heteroatoms. The molecule has 2 atom stereocenters. The molecule has 186 valence electrons. The zero-order valence-electron chi connectivity index (χ0n) is 21.1. The first-order valence-corrected chi connectivity index (χ1v) is 12.2. The molecule has 2 rings (SSSR count). The van der Waals surface area contributed by atoms with Crippen LogP contribution in [-0.4, -0.2) is 94.6 Å². The van der Waals surface area contributed by atoms with Crippen LogP contribution in [-0.2, 0) is 9.47 Å². The molecule has 2 aliphatic rings. The number of amides is 2. The Morgan fingerprint density at radius 1 is 0.812 bits per heavy atom. The maximum absolute atomic E-state index is 12.8. The largest absolute Gasteiger partial charge is 0.444 e. The number of carbonyl (C=O) groups excluding carboxylic acids is 2. The molecule has 2 amide bonds. The molecule has 0 aromatic rings. The van der Waals surface area contributed by atoms with E-state index in [1.54, 1.807) is 0 Å². The fourth-order valence-corrected chi connectivity index (χ4v) is 4.50. The Hall–Kier alpha value is -1.54. The van der Waals surface area contributed by atoms with Crippen molar-refractivity contribution in [1.29, 1.82) is 0 Å². The Kier molecular flexibility index (Phi) is 9.64. The first-order chi connectivity index (χ1) is 14.9. The summed E-state index contributed by atoms with van der Waals surface area (Å²) in [5.74, 6) is 0. The highest BCUT2D eigenvalue weighted by Crippen LogP contribution is 2.24. The molecular weight excluding hydrogens is 410 g/mol. The van der Waals surface area contributed by atoms with Crippen molar-refractivity contribution < 1.29 is 24.2 Å². The van der Waals surface area contributed by atoms with Crippen LogP contribution in [0.3, 0.4) is 0 Å². The number of likely N-dealkylation sites (tertiary alicyclic amines) is 2. The maximum atomic E-state index is 12.8. The van der Waals surface area contributed by atoms with Gasteiger partial charge in [0.15, 0.2) is 0 Å². The number of nitrogens with zero attached hydrogens (tertiary/aromatic N) is 3. The molecular formula is C24H45N3O5. The van der Waals surface area contributed by atoms with Gasteiger partial charge in [0.25, 0.3) is 0 Å². The van der Waals surface area contributed by atoms with E-state index in [-0.39, 0.29) is 30.9 Å². The second-order valence-corrected chi connectivity index (χ2v) is 11.1. The van der Waals surface area contributed by atoms with Crippen LogP contribution in [0, 0.1) is 0 Å². The van der Waals surface area contributed by atoms with Gasteiger partial charge < -0.3 is 24.4 Å². The number of aliphatic hydroxyl groups excluding tert-OH is 1. The van der Waals surface area contributed by atoms with E-state index in [1.807, 2.05) is 51.3 Å². The standard InChI is InChI=1S/C24H45N3O5/c1-23(2,3)31-21(29)26-13-9-7-11-19(26)17-25(15-16-28)18-20-12-8-10-14-27(20)22(30)32-24(4,5)6/h19-20,28H,7-18H2,1-6H3. The zero-order valence-corrected chi connectivity index (χ0v) is 21.1. The van der Waals surface area contributed by atoms with E-state index in [0.717, 1.165) is 38.5 Å². The molecule has 0 radical (unpaired) electrons. The van der Waals surface area contributed by atoms with Gasteiger partial charge in [-0.1, -0.05) is 0 Å². The van der Waals surface area contributed by atoms with Gasteiger partial charge in [0, 0.05) is 44.8 Å². The number of piperidine rings is 2. The molecule has 2 saturated heterocycles. The minimum absolute atomic E-state index is 0.0400. The van der Waals surface area contributed by atoms with Crippen molar-refractivity contribution in [3.63, 3.8) is 0 Å². The van der Waals surface area contributed by atoms with Crippen LogP contribution in [0.2, 0.25) is 0 Å². The molecule has 0 aliphatic carbocycles. The smallest absolute Gasteiger partial charge is 0.410 e. The molecule has 0 aromatic heterocycles. The third-order valence-electron chi connectivity index (χ3n) is 5.86. The van der Waals surface area contributed by atoms with Gasteiger partial charge >= 0.3 is 12.2 Å². The topological polar surface area (TPSA) is 82.6 Å². The van der Waals surface area contributed by atoms with Crippen LogP contribution in [0.4, 0.5) is 9.59 Å². The number of ether oxygens (including phenoxy) is 2. The summed E-state index contributed by atoms with van der Waals surface area (Å²) >= 11 is 0. The second kappa shape index (κ2) is 11.5. The van der Waals surface area contributed by atoms with Gasteiger partial charge in [-0.3, -0.25) is 4.90 Å². The molecule has 2 heterocycles. The SMILES string of the molecule is CC(C)(C)OC(=O)N1CCCCC1CN(CCO)CC1CCCCN1C(=O)OC(C)(C)C. The van der Waals surface area contributed by atoms with Crippen molar-refractivity contribution in [3.05, 3.63) is 0 Å². The van der Waals surface area contributed by atoms with E-state index in [4.69, 9.17) is 9.47 Å². The van der Waals surface area contributed by atoms with Crippen LogP contribution in [0.25, 0.3) is 0 Å². The second-order valence-electron chi connectivity index (χ2n) is 11.1. The average molecular weight is 456 g/mol. The molecule has 32 heavy (non-hydrogen) atoms. The van der Waals surface area contributed by atoms with Gasteiger partial charge in [-0.2, -0.15) is 0 Å². The lowest BCUT2D eigenvalue weighted by atomic mass is 9.99. The van der Waals surface area contributed by atoms with Crippen LogP contribution in [0.5, 0.6) is 0 Å². The summed E-state index contributed by atoms with van der Waals surface area (Å²) in [6, 6.07) is 0.0902. The van der Waals surface area contributed by atoms with Crippen molar-refractivity contribution in [1.82, 2.24) is 14.7 Å². The third kappa shape index (κ3) is 8.77. The number of hydrogen-bond acceptors (Lipinski definition) is 6. The summed E-state index contributed by atoms with van der Waals surface area (Å²) in [6.45, 7) is 14.6. The summed E-state index contributed by atoms with van der Waals surface area (Å²) in [5, 5.41) is 9.70. The fourth-order valence-electron chi connectivity index (χ4n) is 4.50. The molecule has 0 aromatic carbocycles. The number of hydrogen-bond donors (Lipinski definition) is 1. The number of carbonyl (C=O) groups is 2. The van der Waals surface area contributed by atoms with E-state index in [0.29, 0.717) is 32.7 Å². The lowest BCUT2D eigenvalue weighted by Gasteiger charge is -2.42. The minimum Gasteiger partial charge on any atom is -0.444 e. The number of aliphatic hydroxyl groups is 1. The Morgan fingerprint density at radius 3 is 1.56 bits per heavy atom. The zero-order chi connectivity index (χ0) is 23.9. The quantitative estimate of drug-likeness (QED) is 0.655. The van der Waals surface area contributed by atoms with Crippen molar-refractivity contribution >= 4 is 12.2 Å². The third-order valence-corrected chi connectivity index (χ3v) is 5.86. The van der Waals surface area contributed by atoms with Gasteiger partial charge in [0.1, 0.15) is 11.2 Å². The summed E-state index contributed by atoms with van der Waals surface area (Å²) < 4.78 is 11.3. The van der Waals surface area contributed by atoms with Crippen LogP contribution in [0.15, 0.2) is 0 Å². The van der Waals surface area contributed by atoms with E-state index in [9.17, 15) is 14.7 Å². The van der Waals surface area contributed by atoms with E-state index < -0.39 is 11.2 Å². The molecule has 1 N–H and O–H groups in total. The highest BCUT2D eigenvalue weighted by atomic mass is 16.6. The van der Waals surface area contributed by atoms with Gasteiger partial charge in [-0.25, -0.2) is 9.59 Å². The molecule has 2 aliphatic heterocycles. The first-order valence-electron chi connectivity index (χ1n) is 12.2. The lowest BCUT2D eigenvalue weighted by molar-refractivity contribution is -0.00373. The van der Waals surface area contributed by atoms with Gasteiger partial charge in [0.2, 0.25) is 0 Å². The Bertz CT molecular complexity index is 564. The van der Waals surface area contributed by atoms with Crippen LogP contribution >= 0.6 is 0 Å². The minimum atomic E-state index is -0.528. The predicted molar refractivity (Wildman–Crippen MR) is 125 cm³/mol. The maximum Gasteiger partial charge on any atom is 0.410 e. The molecule has 0 spiro atoms. The fraction of sp³-hybridized carbons (Fsp3) is 0.917. The van der Waals surface area contributed by atoms with Crippen LogP contribution < -0.4 is 0 Å². The van der Waals surface area contributed by atoms with Crippen molar-refractivity contribution in [3.8, 4) is 0 Å². The highest BCUT2D eigenvalue weighted by Gasteiger charge is 2.34. The number of rotatable bonds is 6. The monoisotopic (exact) mass is 455 g/mol. The van der Waals surface area contributed by atoms with Gasteiger partial charge in [-0.05, 0) is 80.1 Å². The summed E-state index contributed by atoms with van der Waals surface area (Å²) in [5.41, 5.74) is -1.06. The van der Waals surface area contributed by atoms with E-state index in [1.165, 1.54) is 0 Å². The summed E-state index contributed by atoms with van der Waals surface area (Å²) in [4.78, 5) is 31.5. The lowest BCUT2D eigenvalue weighted by Crippen LogP contribution is -2.55. The van der Waals surface area contributed by atoms with Crippen LogP contribution in [0.1, 0.15) is 80.1 Å². The highest BCUT2D eigenvalue weighted by molar-refractivity contribution is 5.69. The average Bonchev–Trinajstić information content (AvgIpc) is 2.66. The molecule has 8 nitrogen and oxygen atoms in total. The predicted octanol–water partition coefficient (Wildman–Crippen LogP) is 3.86. The van der Waals surface area contributed by atoms with E-state index >= 15 is 0 Å². The molecule has 0 bridgehead atoms. The Balaban J connectivity index is 2.07. The molecule has 0 saturated carbocycles. The molecule has 2 fully saturated rings. The van der Waals surface area contributed by atoms with Crippen molar-refractivity contribution in [2.75, 3.05) is 39.3 Å².